The summed E-state index contributed by atoms with van der Waals surface area (Å²) >= 11 is 0. The monoisotopic (exact) mass is 1110 g/mol. The van der Waals surface area contributed by atoms with Crippen LogP contribution in [0.2, 0.25) is 0 Å². The van der Waals surface area contributed by atoms with Crippen molar-refractivity contribution >= 4 is 17.9 Å². The van der Waals surface area contributed by atoms with Gasteiger partial charge in [-0.05, 0) is 109 Å². The minimum atomic E-state index is -0.785. The van der Waals surface area contributed by atoms with Crippen molar-refractivity contribution in [2.24, 2.45) is 0 Å². The van der Waals surface area contributed by atoms with Gasteiger partial charge in [0.15, 0.2) is 6.10 Å². The third-order valence-corrected chi connectivity index (χ3v) is 15.1. The summed E-state index contributed by atoms with van der Waals surface area (Å²) in [5, 5.41) is 0. The van der Waals surface area contributed by atoms with Crippen LogP contribution in [-0.2, 0) is 28.6 Å². The van der Waals surface area contributed by atoms with Crippen molar-refractivity contribution in [3.05, 3.63) is 85.1 Å². The molecule has 1 atom stereocenters. The van der Waals surface area contributed by atoms with Gasteiger partial charge in [0.05, 0.1) is 0 Å². The fourth-order valence-corrected chi connectivity index (χ4v) is 9.92. The Kier molecular flexibility index (Phi) is 65.2. The third kappa shape index (κ3) is 65.4. The van der Waals surface area contributed by atoms with Gasteiger partial charge in [0.2, 0.25) is 0 Å². The van der Waals surface area contributed by atoms with Crippen LogP contribution in [0.15, 0.2) is 85.1 Å². The molecule has 1 unspecified atom stereocenters. The molecule has 0 saturated carbocycles. The summed E-state index contributed by atoms with van der Waals surface area (Å²) in [5.41, 5.74) is 0. The van der Waals surface area contributed by atoms with E-state index in [1.165, 1.54) is 205 Å². The zero-order valence-corrected chi connectivity index (χ0v) is 53.1. The smallest absolute Gasteiger partial charge is 0.306 e. The molecule has 6 heteroatoms. The van der Waals surface area contributed by atoms with Gasteiger partial charge in [-0.2, -0.15) is 0 Å². The average molecular weight is 1120 g/mol. The van der Waals surface area contributed by atoms with Gasteiger partial charge < -0.3 is 14.2 Å². The number of ether oxygens (including phenoxy) is 3. The number of carbonyl (C=O) groups excluding carboxylic acids is 3. The van der Waals surface area contributed by atoms with Crippen molar-refractivity contribution in [1.82, 2.24) is 0 Å². The summed E-state index contributed by atoms with van der Waals surface area (Å²) in [5.74, 6) is -0.880. The first-order valence-electron chi connectivity index (χ1n) is 34.6. The number of esters is 3. The zero-order chi connectivity index (χ0) is 57.8. The lowest BCUT2D eigenvalue weighted by Crippen LogP contribution is -2.30. The fourth-order valence-electron chi connectivity index (χ4n) is 9.92. The fraction of sp³-hybridized carbons (Fsp3) is 0.770. The van der Waals surface area contributed by atoms with Crippen LogP contribution in [0, 0.1) is 0 Å². The Morgan fingerprint density at radius 2 is 0.500 bits per heavy atom. The van der Waals surface area contributed by atoms with Crippen molar-refractivity contribution in [2.45, 2.75) is 354 Å². The summed E-state index contributed by atoms with van der Waals surface area (Å²) in [6, 6.07) is 0. The lowest BCUT2D eigenvalue weighted by Gasteiger charge is -2.18. The van der Waals surface area contributed by atoms with E-state index in [-0.39, 0.29) is 31.1 Å². The average Bonchev–Trinajstić information content (AvgIpc) is 3.46. The molecule has 0 bridgehead atoms. The molecule has 0 spiro atoms. The van der Waals surface area contributed by atoms with Crippen molar-refractivity contribution < 1.29 is 28.6 Å². The zero-order valence-electron chi connectivity index (χ0n) is 53.1. The first kappa shape index (κ1) is 76.6. The van der Waals surface area contributed by atoms with Crippen molar-refractivity contribution in [3.63, 3.8) is 0 Å². The number of carbonyl (C=O) groups is 3. The van der Waals surface area contributed by atoms with Crippen LogP contribution in [0.25, 0.3) is 0 Å². The maximum absolute atomic E-state index is 12.9. The molecule has 0 radical (unpaired) electrons. The maximum atomic E-state index is 12.9. The number of unbranched alkanes of at least 4 members (excludes halogenated alkanes) is 38. The van der Waals surface area contributed by atoms with Crippen molar-refractivity contribution in [2.75, 3.05) is 13.2 Å². The largest absolute Gasteiger partial charge is 0.462 e. The Morgan fingerprint density at radius 1 is 0.263 bits per heavy atom. The molecule has 0 fully saturated rings. The van der Waals surface area contributed by atoms with E-state index in [1.54, 1.807) is 0 Å². The molecule has 0 aromatic rings. The second-order valence-corrected chi connectivity index (χ2v) is 23.1. The summed E-state index contributed by atoms with van der Waals surface area (Å²) < 4.78 is 17.0. The molecule has 0 aromatic heterocycles. The van der Waals surface area contributed by atoms with Crippen molar-refractivity contribution in [3.8, 4) is 0 Å². The topological polar surface area (TPSA) is 78.9 Å². The Hall–Kier alpha value is -3.41. The van der Waals surface area contributed by atoms with Crippen LogP contribution in [0.4, 0.5) is 0 Å². The Balaban J connectivity index is 4.29. The quantitative estimate of drug-likeness (QED) is 0.0261. The molecule has 0 aromatic carbocycles. The predicted octanol–water partition coefficient (Wildman–Crippen LogP) is 23.8. The van der Waals surface area contributed by atoms with E-state index in [1.807, 2.05) is 0 Å². The standard InChI is InChI=1S/C74H130O6/c1-4-7-10-13-16-19-22-25-28-30-32-34-35-36-37-38-39-41-42-44-46-49-52-55-58-61-64-67-73(76)79-70-71(69-78-72(75)66-63-60-57-54-51-48-27-24-21-18-15-12-9-6-3)80-74(77)68-65-62-59-56-53-50-47-45-43-40-33-31-29-26-23-20-17-14-11-8-5-2/h7,10,15-16,18-19,24-25,27-28,31-34,71H,4-6,8-9,11-14,17,20-23,26,29-30,35-70H2,1-3H3/b10-7-,18-15-,19-16-,27-24-,28-25-,33-31-,34-32-. The minimum Gasteiger partial charge on any atom is -0.462 e. The molecule has 0 aliphatic carbocycles. The summed E-state index contributed by atoms with van der Waals surface area (Å²) in [4.78, 5) is 38.4. The van der Waals surface area contributed by atoms with Crippen molar-refractivity contribution in [1.29, 1.82) is 0 Å². The lowest BCUT2D eigenvalue weighted by molar-refractivity contribution is -0.167. The first-order chi connectivity index (χ1) is 39.5. The summed E-state index contributed by atoms with van der Waals surface area (Å²) in [7, 11) is 0. The number of hydrogen-bond donors (Lipinski definition) is 0. The Morgan fingerprint density at radius 3 is 0.812 bits per heavy atom. The number of rotatable bonds is 63. The minimum absolute atomic E-state index is 0.0796. The van der Waals surface area contributed by atoms with Crippen LogP contribution in [0.5, 0.6) is 0 Å². The van der Waals surface area contributed by atoms with Gasteiger partial charge in [-0.1, -0.05) is 305 Å². The highest BCUT2D eigenvalue weighted by Gasteiger charge is 2.19. The predicted molar refractivity (Wildman–Crippen MR) is 348 cm³/mol. The summed E-state index contributed by atoms with van der Waals surface area (Å²) in [6.45, 7) is 6.52. The normalized spacial score (nSPS) is 12.6. The van der Waals surface area contributed by atoms with Crippen LogP contribution < -0.4 is 0 Å². The molecule has 80 heavy (non-hydrogen) atoms. The van der Waals surface area contributed by atoms with Crippen LogP contribution in [-0.4, -0.2) is 37.2 Å². The first-order valence-corrected chi connectivity index (χ1v) is 34.6. The maximum Gasteiger partial charge on any atom is 0.306 e. The number of hydrogen-bond acceptors (Lipinski definition) is 6. The third-order valence-electron chi connectivity index (χ3n) is 15.1. The van der Waals surface area contributed by atoms with E-state index in [9.17, 15) is 14.4 Å². The second-order valence-electron chi connectivity index (χ2n) is 23.1. The highest BCUT2D eigenvalue weighted by Crippen LogP contribution is 2.17. The molecular weight excluding hydrogens is 985 g/mol. The highest BCUT2D eigenvalue weighted by atomic mass is 16.6. The van der Waals surface area contributed by atoms with E-state index in [2.05, 4.69) is 106 Å². The highest BCUT2D eigenvalue weighted by molar-refractivity contribution is 5.71. The van der Waals surface area contributed by atoms with E-state index in [0.29, 0.717) is 19.3 Å². The van der Waals surface area contributed by atoms with E-state index < -0.39 is 6.10 Å². The van der Waals surface area contributed by atoms with E-state index in [0.717, 1.165) is 103 Å². The molecule has 462 valence electrons. The van der Waals surface area contributed by atoms with Gasteiger partial charge in [0.1, 0.15) is 13.2 Å². The van der Waals surface area contributed by atoms with Gasteiger partial charge in [-0.15, -0.1) is 0 Å². The second kappa shape index (κ2) is 68.1. The Labute approximate surface area is 496 Å². The number of allylic oxidation sites excluding steroid dienone is 14. The van der Waals surface area contributed by atoms with E-state index in [4.69, 9.17) is 14.2 Å². The molecule has 0 rings (SSSR count). The molecule has 0 aliphatic rings. The molecule has 0 N–H and O–H groups in total. The molecule has 0 saturated heterocycles. The molecule has 0 aliphatic heterocycles. The Bertz CT molecular complexity index is 1520. The van der Waals surface area contributed by atoms with Crippen LogP contribution in [0.3, 0.4) is 0 Å². The lowest BCUT2D eigenvalue weighted by atomic mass is 10.0. The van der Waals surface area contributed by atoms with Crippen LogP contribution in [0.1, 0.15) is 348 Å². The van der Waals surface area contributed by atoms with Gasteiger partial charge in [-0.3, -0.25) is 14.4 Å². The van der Waals surface area contributed by atoms with Gasteiger partial charge >= 0.3 is 17.9 Å². The van der Waals surface area contributed by atoms with E-state index >= 15 is 0 Å². The van der Waals surface area contributed by atoms with Gasteiger partial charge in [0, 0.05) is 19.3 Å². The molecule has 0 heterocycles. The molecule has 0 amide bonds. The molecular formula is C74H130O6. The summed E-state index contributed by atoms with van der Waals surface area (Å²) in [6.07, 6.45) is 90.3. The van der Waals surface area contributed by atoms with Crippen LogP contribution >= 0.6 is 0 Å². The van der Waals surface area contributed by atoms with Gasteiger partial charge in [0.25, 0.3) is 0 Å². The van der Waals surface area contributed by atoms with Gasteiger partial charge in [-0.25, -0.2) is 0 Å². The SMILES string of the molecule is CC/C=C\C/C=C\C/C=C\C/C=C\CCCCCCCCCCCCCCCCC(=O)OCC(COC(=O)CCCCCCC/C=C\C/C=C\CCCC)OC(=O)CCCCCCCCCCC/C=C\CCCCCCCCCC. The molecule has 6 nitrogen and oxygen atoms in total.